The molecule has 0 radical (unpaired) electrons. The number of anilines is 2. The van der Waals surface area contributed by atoms with Gasteiger partial charge in [-0.2, -0.15) is 0 Å². The van der Waals surface area contributed by atoms with Crippen molar-refractivity contribution in [2.45, 2.75) is 19.3 Å². The van der Waals surface area contributed by atoms with Gasteiger partial charge in [0, 0.05) is 35.9 Å². The lowest BCUT2D eigenvalue weighted by atomic mass is 10.0. The number of esters is 1. The third-order valence-corrected chi connectivity index (χ3v) is 6.03. The molecule has 0 spiro atoms. The van der Waals surface area contributed by atoms with Crippen molar-refractivity contribution >= 4 is 34.8 Å². The molecule has 0 bridgehead atoms. The predicted molar refractivity (Wildman–Crippen MR) is 133 cm³/mol. The number of nitrogens with one attached hydrogen (secondary N) is 2. The summed E-state index contributed by atoms with van der Waals surface area (Å²) in [6.07, 6.45) is 3.38. The molecule has 0 atom stereocenters. The van der Waals surface area contributed by atoms with Crippen molar-refractivity contribution in [3.8, 4) is 0 Å². The van der Waals surface area contributed by atoms with E-state index in [0.29, 0.717) is 47.5 Å². The standard InChI is InChI=1S/C27H27N3O6/c1-36-27(35)21-16-30(12-13-31)26(34)24(21)29-22-11-10-18(25(33)17-6-3-2-4-7-17)14-23(22)28-19-8-5-9-20(32)15-19/h2-4,6-7,10-11,14-15,28-29,31H,5,8-9,12-13,16H2,1H3. The Morgan fingerprint density at radius 2 is 1.78 bits per heavy atom. The molecule has 9 nitrogen and oxygen atoms in total. The van der Waals surface area contributed by atoms with Crippen molar-refractivity contribution in [3.05, 3.63) is 82.7 Å². The van der Waals surface area contributed by atoms with Gasteiger partial charge in [0.25, 0.3) is 5.91 Å². The molecule has 1 aliphatic carbocycles. The molecule has 1 amide bonds. The normalized spacial score (nSPS) is 15.6. The molecule has 2 aromatic carbocycles. The monoisotopic (exact) mass is 489 g/mol. The number of ether oxygens (including phenoxy) is 1. The topological polar surface area (TPSA) is 125 Å². The Hall–Kier alpha value is -4.24. The molecule has 4 rings (SSSR count). The van der Waals surface area contributed by atoms with Crippen LogP contribution in [0, 0.1) is 0 Å². The number of nitrogens with zero attached hydrogens (tertiary/aromatic N) is 1. The zero-order valence-electron chi connectivity index (χ0n) is 19.9. The number of carbonyl (C=O) groups excluding carboxylic acids is 4. The Kier molecular flexibility index (Phi) is 7.60. The summed E-state index contributed by atoms with van der Waals surface area (Å²) in [5.41, 5.74) is 2.72. The molecule has 3 N–H and O–H groups in total. The fourth-order valence-electron chi connectivity index (χ4n) is 4.20. The number of allylic oxidation sites excluding steroid dienone is 2. The Bertz CT molecular complexity index is 1270. The quantitative estimate of drug-likeness (QED) is 0.363. The van der Waals surface area contributed by atoms with E-state index in [-0.39, 0.29) is 42.5 Å². The molecule has 1 heterocycles. The van der Waals surface area contributed by atoms with Gasteiger partial charge in [0.1, 0.15) is 5.70 Å². The molecule has 2 aliphatic rings. The van der Waals surface area contributed by atoms with Gasteiger partial charge < -0.3 is 25.4 Å². The van der Waals surface area contributed by atoms with E-state index < -0.39 is 11.9 Å². The lowest BCUT2D eigenvalue weighted by Gasteiger charge is -2.20. The maximum absolute atomic E-state index is 13.1. The highest BCUT2D eigenvalue weighted by Gasteiger charge is 2.35. The third-order valence-electron chi connectivity index (χ3n) is 6.03. The number of aliphatic hydroxyl groups is 1. The van der Waals surface area contributed by atoms with Crippen LogP contribution >= 0.6 is 0 Å². The molecule has 0 saturated heterocycles. The minimum atomic E-state index is -0.655. The summed E-state index contributed by atoms with van der Waals surface area (Å²) in [4.78, 5) is 51.8. The maximum atomic E-state index is 13.1. The van der Waals surface area contributed by atoms with Crippen LogP contribution in [0.5, 0.6) is 0 Å². The molecule has 9 heteroatoms. The molecule has 186 valence electrons. The zero-order valence-corrected chi connectivity index (χ0v) is 19.9. The van der Waals surface area contributed by atoms with Gasteiger partial charge in [-0.25, -0.2) is 4.79 Å². The largest absolute Gasteiger partial charge is 0.466 e. The molecule has 0 saturated carbocycles. The van der Waals surface area contributed by atoms with E-state index in [4.69, 9.17) is 4.74 Å². The van der Waals surface area contributed by atoms with Gasteiger partial charge in [0.2, 0.25) is 0 Å². The van der Waals surface area contributed by atoms with Gasteiger partial charge in [-0.15, -0.1) is 0 Å². The number of benzene rings is 2. The summed E-state index contributed by atoms with van der Waals surface area (Å²) < 4.78 is 4.85. The highest BCUT2D eigenvalue weighted by molar-refractivity contribution is 6.11. The summed E-state index contributed by atoms with van der Waals surface area (Å²) in [7, 11) is 1.23. The average molecular weight is 490 g/mol. The molecule has 36 heavy (non-hydrogen) atoms. The van der Waals surface area contributed by atoms with Gasteiger partial charge in [0.15, 0.2) is 11.6 Å². The van der Waals surface area contributed by atoms with E-state index in [1.165, 1.54) is 12.0 Å². The number of aliphatic hydroxyl groups excluding tert-OH is 1. The van der Waals surface area contributed by atoms with E-state index in [1.54, 1.807) is 48.5 Å². The van der Waals surface area contributed by atoms with Crippen molar-refractivity contribution in [1.82, 2.24) is 4.90 Å². The van der Waals surface area contributed by atoms with Crippen molar-refractivity contribution in [2.24, 2.45) is 0 Å². The average Bonchev–Trinajstić information content (AvgIpc) is 3.19. The number of carbonyl (C=O) groups is 4. The van der Waals surface area contributed by atoms with Gasteiger partial charge in [0.05, 0.1) is 37.2 Å². The van der Waals surface area contributed by atoms with Gasteiger partial charge in [-0.3, -0.25) is 14.4 Å². The predicted octanol–water partition coefficient (Wildman–Crippen LogP) is 2.64. The Morgan fingerprint density at radius 1 is 1.00 bits per heavy atom. The molecular weight excluding hydrogens is 462 g/mol. The third kappa shape index (κ3) is 5.36. The molecule has 2 aromatic rings. The zero-order chi connectivity index (χ0) is 25.7. The number of β-amino-alcohol motifs (C(OH)–C–C–N with tert-alkyl or cyclic N) is 1. The van der Waals surface area contributed by atoms with E-state index >= 15 is 0 Å². The fourth-order valence-corrected chi connectivity index (χ4v) is 4.20. The summed E-state index contributed by atoms with van der Waals surface area (Å²) in [5.74, 6) is -1.28. The summed E-state index contributed by atoms with van der Waals surface area (Å²) in [5, 5.41) is 15.6. The Morgan fingerprint density at radius 3 is 2.47 bits per heavy atom. The second kappa shape index (κ2) is 11.0. The van der Waals surface area contributed by atoms with Crippen molar-refractivity contribution < 1.29 is 29.0 Å². The van der Waals surface area contributed by atoms with Gasteiger partial charge in [-0.05, 0) is 31.0 Å². The van der Waals surface area contributed by atoms with E-state index in [2.05, 4.69) is 10.6 Å². The van der Waals surface area contributed by atoms with Crippen LogP contribution in [0.3, 0.4) is 0 Å². The highest BCUT2D eigenvalue weighted by atomic mass is 16.5. The summed E-state index contributed by atoms with van der Waals surface area (Å²) in [6.45, 7) is -0.185. The van der Waals surface area contributed by atoms with Crippen LogP contribution in [0.15, 0.2) is 71.6 Å². The molecule has 0 aromatic heterocycles. The molecular formula is C27H27N3O6. The number of hydrogen-bond donors (Lipinski definition) is 3. The van der Waals surface area contributed by atoms with Gasteiger partial charge in [-0.1, -0.05) is 30.3 Å². The first kappa shape index (κ1) is 24.9. The lowest BCUT2D eigenvalue weighted by molar-refractivity contribution is -0.136. The smallest absolute Gasteiger partial charge is 0.337 e. The molecule has 1 aliphatic heterocycles. The Labute approximate surface area is 208 Å². The summed E-state index contributed by atoms with van der Waals surface area (Å²) >= 11 is 0. The van der Waals surface area contributed by atoms with Gasteiger partial charge >= 0.3 is 5.97 Å². The first-order chi connectivity index (χ1) is 17.4. The minimum Gasteiger partial charge on any atom is -0.466 e. The van der Waals surface area contributed by atoms with Crippen LogP contribution in [0.25, 0.3) is 0 Å². The van der Waals surface area contributed by atoms with Crippen LogP contribution in [-0.4, -0.2) is 60.3 Å². The van der Waals surface area contributed by atoms with E-state index in [0.717, 1.165) is 0 Å². The number of ketones is 2. The van der Waals surface area contributed by atoms with Crippen LogP contribution < -0.4 is 10.6 Å². The second-order valence-corrected chi connectivity index (χ2v) is 8.49. The van der Waals surface area contributed by atoms with E-state index in [9.17, 15) is 24.3 Å². The van der Waals surface area contributed by atoms with Crippen molar-refractivity contribution in [1.29, 1.82) is 0 Å². The molecule has 0 unspecified atom stereocenters. The van der Waals surface area contributed by atoms with Crippen LogP contribution in [0.4, 0.5) is 11.4 Å². The first-order valence-electron chi connectivity index (χ1n) is 11.6. The fraction of sp³-hybridized carbons (Fsp3) is 0.259. The minimum absolute atomic E-state index is 0.00138. The highest BCUT2D eigenvalue weighted by Crippen LogP contribution is 2.31. The summed E-state index contributed by atoms with van der Waals surface area (Å²) in [6, 6.07) is 13.8. The van der Waals surface area contributed by atoms with Crippen molar-refractivity contribution in [2.75, 3.05) is 37.4 Å². The first-order valence-corrected chi connectivity index (χ1v) is 11.6. The van der Waals surface area contributed by atoms with Crippen LogP contribution in [0.2, 0.25) is 0 Å². The van der Waals surface area contributed by atoms with Crippen LogP contribution in [0.1, 0.15) is 35.2 Å². The lowest BCUT2D eigenvalue weighted by Crippen LogP contribution is -2.31. The van der Waals surface area contributed by atoms with Crippen molar-refractivity contribution in [3.63, 3.8) is 0 Å². The number of hydrogen-bond acceptors (Lipinski definition) is 8. The maximum Gasteiger partial charge on any atom is 0.337 e. The number of rotatable bonds is 9. The van der Waals surface area contributed by atoms with Crippen LogP contribution in [-0.2, 0) is 19.1 Å². The number of methoxy groups -OCH3 is 1. The second-order valence-electron chi connectivity index (χ2n) is 8.49. The molecule has 0 fully saturated rings. The Balaban J connectivity index is 1.73. The van der Waals surface area contributed by atoms with E-state index in [1.807, 2.05) is 6.07 Å². The SMILES string of the molecule is COC(=O)C1=C(Nc2ccc(C(=O)c3ccccc3)cc2NC2=CC(=O)CCC2)C(=O)N(CCO)C1. The number of amides is 1.